The van der Waals surface area contributed by atoms with Crippen molar-refractivity contribution in [2.24, 2.45) is 0 Å². The Morgan fingerprint density at radius 1 is 1.38 bits per heavy atom. The minimum Gasteiger partial charge on any atom is -0.481 e. The molecule has 0 saturated carbocycles. The number of anilines is 1. The van der Waals surface area contributed by atoms with E-state index in [9.17, 15) is 9.59 Å². The summed E-state index contributed by atoms with van der Waals surface area (Å²) < 4.78 is 13.1. The Balaban J connectivity index is 1.59. The Hall–Kier alpha value is -2.85. The fourth-order valence-electron chi connectivity index (χ4n) is 2.98. The number of hydrogen-bond donors (Lipinski definition) is 2. The molecule has 0 aliphatic carbocycles. The number of ether oxygens (including phenoxy) is 2. The normalized spacial score (nSPS) is 16.6. The van der Waals surface area contributed by atoms with Gasteiger partial charge in [-0.1, -0.05) is 29.4 Å². The molecule has 0 unspecified atom stereocenters. The van der Waals surface area contributed by atoms with E-state index in [0.29, 0.717) is 26.2 Å². The molecule has 0 bridgehead atoms. The van der Waals surface area contributed by atoms with Gasteiger partial charge in [-0.2, -0.15) is 0 Å². The highest BCUT2D eigenvalue weighted by Gasteiger charge is 2.32. The van der Waals surface area contributed by atoms with Crippen molar-refractivity contribution < 1.29 is 24.2 Å². The lowest BCUT2D eigenvalue weighted by molar-refractivity contribution is -0.133. The van der Waals surface area contributed by atoms with Crippen LogP contribution in [0.4, 0.5) is 5.69 Å². The highest BCUT2D eigenvalue weighted by molar-refractivity contribution is 8.01. The molecular formula is C22H17ClN2O5S2. The summed E-state index contributed by atoms with van der Waals surface area (Å²) in [6, 6.07) is 10.4. The number of carbonyl (C=O) groups is 2. The van der Waals surface area contributed by atoms with E-state index in [4.69, 9.17) is 26.2 Å². The molecule has 1 aromatic heterocycles. The maximum atomic E-state index is 13.1. The van der Waals surface area contributed by atoms with Crippen LogP contribution in [0, 0.1) is 0 Å². The first-order valence-corrected chi connectivity index (χ1v) is 11.6. The number of halogens is 1. The van der Waals surface area contributed by atoms with Gasteiger partial charge < -0.3 is 19.9 Å². The Morgan fingerprint density at radius 3 is 3.00 bits per heavy atom. The molecule has 1 atom stereocenters. The predicted molar refractivity (Wildman–Crippen MR) is 126 cm³/mol. The molecule has 3 aromatic rings. The molecule has 4 rings (SSSR count). The number of thiazole rings is 1. The average Bonchev–Trinajstić information content (AvgIpc) is 3.18. The molecule has 164 valence electrons. The van der Waals surface area contributed by atoms with E-state index >= 15 is 0 Å². The van der Waals surface area contributed by atoms with Crippen molar-refractivity contribution >= 4 is 62.4 Å². The molecule has 0 radical (unpaired) electrons. The lowest BCUT2D eigenvalue weighted by Crippen LogP contribution is -2.33. The topological polar surface area (TPSA) is 97.8 Å². The lowest BCUT2D eigenvalue weighted by Gasteiger charge is -2.27. The quantitative estimate of drug-likeness (QED) is 0.253. The molecule has 1 aliphatic heterocycles. The third-order valence-corrected chi connectivity index (χ3v) is 6.77. The van der Waals surface area contributed by atoms with Crippen LogP contribution in [-0.2, 0) is 9.53 Å². The number of nitrogens with one attached hydrogen (secondary N) is 1. The molecule has 2 heterocycles. The van der Waals surface area contributed by atoms with E-state index in [1.54, 1.807) is 30.5 Å². The number of thioether (sulfide) groups is 1. The fourth-order valence-corrected chi connectivity index (χ4v) is 4.98. The van der Waals surface area contributed by atoms with Crippen molar-refractivity contribution in [3.8, 4) is 5.75 Å². The molecule has 7 nitrogen and oxygen atoms in total. The van der Waals surface area contributed by atoms with Crippen LogP contribution in [0.1, 0.15) is 10.4 Å². The van der Waals surface area contributed by atoms with E-state index in [1.165, 1.54) is 23.1 Å². The molecule has 32 heavy (non-hydrogen) atoms. The van der Waals surface area contributed by atoms with Gasteiger partial charge in [0.05, 0.1) is 33.7 Å². The van der Waals surface area contributed by atoms with Crippen LogP contribution >= 0.6 is 34.7 Å². The Bertz CT molecular complexity index is 1240. The Morgan fingerprint density at radius 2 is 2.22 bits per heavy atom. The second kappa shape index (κ2) is 9.74. The average molecular weight is 489 g/mol. The summed E-state index contributed by atoms with van der Waals surface area (Å²) in [4.78, 5) is 28.3. The van der Waals surface area contributed by atoms with Crippen LogP contribution in [-0.4, -0.2) is 40.5 Å². The first-order valence-electron chi connectivity index (χ1n) is 9.40. The number of carboxylic acids is 1. The number of aliphatic carboxylic acids is 1. The van der Waals surface area contributed by atoms with Crippen molar-refractivity contribution in [2.75, 3.05) is 17.7 Å². The summed E-state index contributed by atoms with van der Waals surface area (Å²) in [6.45, 7) is 3.85. The zero-order valence-electron chi connectivity index (χ0n) is 16.5. The van der Waals surface area contributed by atoms with Crippen LogP contribution in [0.15, 0.2) is 65.2 Å². The van der Waals surface area contributed by atoms with Crippen molar-refractivity contribution in [1.29, 1.82) is 0 Å². The van der Waals surface area contributed by atoms with E-state index in [0.717, 1.165) is 15.9 Å². The van der Waals surface area contributed by atoms with Gasteiger partial charge in [-0.05, 0) is 36.4 Å². The van der Waals surface area contributed by atoms with Gasteiger partial charge in [-0.15, -0.1) is 17.9 Å². The smallest absolute Gasteiger partial charge is 0.313 e. The van der Waals surface area contributed by atoms with Crippen molar-refractivity contribution in [3.63, 3.8) is 0 Å². The number of ketones is 1. The van der Waals surface area contributed by atoms with E-state index in [2.05, 4.69) is 16.9 Å². The molecule has 2 N–H and O–H groups in total. The molecule has 1 aliphatic rings. The van der Waals surface area contributed by atoms with Gasteiger partial charge in [-0.3, -0.25) is 9.59 Å². The van der Waals surface area contributed by atoms with Crippen molar-refractivity contribution in [3.05, 3.63) is 71.4 Å². The van der Waals surface area contributed by atoms with Gasteiger partial charge in [0, 0.05) is 16.9 Å². The third-order valence-electron chi connectivity index (χ3n) is 4.38. The minimum atomic E-state index is -0.896. The predicted octanol–water partition coefficient (Wildman–Crippen LogP) is 5.23. The monoisotopic (exact) mass is 488 g/mol. The van der Waals surface area contributed by atoms with Crippen LogP contribution in [0.25, 0.3) is 10.2 Å². The standard InChI is InChI=1S/C22H17ClN2O5S2/c1-2-7-29-21-15(20(28)14-8-12(23)3-6-17(14)30-21)10-24-13-4-5-16-18(9-13)32-22(25-16)31-11-19(26)27/h2-6,8-10,21,24H,1,7,11H2,(H,26,27)/b15-10-/t21-/m1/s1. The summed E-state index contributed by atoms with van der Waals surface area (Å²) >= 11 is 8.64. The summed E-state index contributed by atoms with van der Waals surface area (Å²) in [7, 11) is 0. The first kappa shape index (κ1) is 22.3. The van der Waals surface area contributed by atoms with Gasteiger partial charge >= 0.3 is 5.97 Å². The molecular weight excluding hydrogens is 472 g/mol. The third kappa shape index (κ3) is 4.97. The zero-order valence-corrected chi connectivity index (χ0v) is 18.9. The number of carbonyl (C=O) groups excluding carboxylic acids is 1. The number of benzene rings is 2. The van der Waals surface area contributed by atoms with Crippen molar-refractivity contribution in [2.45, 2.75) is 10.6 Å². The van der Waals surface area contributed by atoms with Crippen LogP contribution in [0.2, 0.25) is 5.02 Å². The Kier molecular flexibility index (Phi) is 6.80. The van der Waals surface area contributed by atoms with Gasteiger partial charge in [0.25, 0.3) is 0 Å². The molecule has 2 aromatic carbocycles. The fraction of sp³-hybridized carbons (Fsp3) is 0.136. The molecule has 0 saturated heterocycles. The zero-order chi connectivity index (χ0) is 22.7. The lowest BCUT2D eigenvalue weighted by atomic mass is 10.00. The minimum absolute atomic E-state index is 0.0449. The van der Waals surface area contributed by atoms with E-state index in [1.807, 2.05) is 18.2 Å². The maximum Gasteiger partial charge on any atom is 0.313 e. The van der Waals surface area contributed by atoms with Gasteiger partial charge in [-0.25, -0.2) is 4.98 Å². The summed E-state index contributed by atoms with van der Waals surface area (Å²) in [5.74, 6) is -0.778. The highest BCUT2D eigenvalue weighted by Crippen LogP contribution is 2.34. The second-order valence-electron chi connectivity index (χ2n) is 6.63. The summed E-state index contributed by atoms with van der Waals surface area (Å²) in [5, 5.41) is 12.4. The van der Waals surface area contributed by atoms with E-state index in [-0.39, 0.29) is 18.1 Å². The van der Waals surface area contributed by atoms with Crippen LogP contribution in [0.5, 0.6) is 5.75 Å². The SMILES string of the molecule is C=CCO[C@@H]1Oc2ccc(Cl)cc2C(=O)/C1=C/Nc1ccc2nc(SCC(=O)O)sc2c1. The van der Waals surface area contributed by atoms with Crippen LogP contribution in [0.3, 0.4) is 0 Å². The molecule has 0 spiro atoms. The molecule has 0 amide bonds. The van der Waals surface area contributed by atoms with E-state index < -0.39 is 12.3 Å². The Labute approximate surface area is 196 Å². The second-order valence-corrected chi connectivity index (χ2v) is 9.32. The number of nitrogens with zero attached hydrogens (tertiary/aromatic N) is 1. The number of rotatable bonds is 8. The largest absolute Gasteiger partial charge is 0.481 e. The maximum absolute atomic E-state index is 13.1. The number of Topliss-reactive ketones (excluding diaryl/α,β-unsaturated/α-hetero) is 1. The van der Waals surface area contributed by atoms with Crippen LogP contribution < -0.4 is 10.1 Å². The molecule has 0 fully saturated rings. The first-order chi connectivity index (χ1) is 15.4. The number of aromatic nitrogens is 1. The number of fused-ring (bicyclic) bond motifs is 2. The molecule has 10 heteroatoms. The highest BCUT2D eigenvalue weighted by atomic mass is 35.5. The summed E-state index contributed by atoms with van der Waals surface area (Å²) in [5.41, 5.74) is 2.16. The van der Waals surface area contributed by atoms with Crippen molar-refractivity contribution in [1.82, 2.24) is 4.98 Å². The van der Waals surface area contributed by atoms with Gasteiger partial charge in [0.2, 0.25) is 12.1 Å². The van der Waals surface area contributed by atoms with Gasteiger partial charge in [0.1, 0.15) is 5.75 Å². The number of carboxylic acid groups (broad SMARTS) is 1. The summed E-state index contributed by atoms with van der Waals surface area (Å²) in [6.07, 6.45) is 2.24. The van der Waals surface area contributed by atoms with Gasteiger partial charge in [0.15, 0.2) is 4.34 Å². The number of hydrogen-bond acceptors (Lipinski definition) is 8.